The molecule has 0 amide bonds. The van der Waals surface area contributed by atoms with E-state index >= 15 is 0 Å². The van der Waals surface area contributed by atoms with Crippen molar-refractivity contribution in [2.24, 2.45) is 5.41 Å². The maximum Gasteiger partial charge on any atom is 0.0990 e. The molecule has 3 atom stereocenters. The Labute approximate surface area is 113 Å². The first kappa shape index (κ1) is 15.9. The second kappa shape index (κ2) is 7.46. The minimum atomic E-state index is 0.255. The Hall–Kier alpha value is -0.120. The van der Waals surface area contributed by atoms with Gasteiger partial charge >= 0.3 is 0 Å². The minimum Gasteiger partial charge on any atom is -0.375 e. The SMILES string of the molecule is CCCOC1C(NCC)CC1OCCC(C)(C)C. The predicted octanol–water partition coefficient (Wildman–Crippen LogP) is 2.98. The van der Waals surface area contributed by atoms with Gasteiger partial charge in [0.15, 0.2) is 0 Å². The van der Waals surface area contributed by atoms with Gasteiger partial charge in [-0.2, -0.15) is 0 Å². The molecule has 108 valence electrons. The molecule has 3 nitrogen and oxygen atoms in total. The maximum atomic E-state index is 5.98. The Bertz CT molecular complexity index is 225. The normalized spacial score (nSPS) is 28.2. The first-order chi connectivity index (χ1) is 8.48. The fourth-order valence-electron chi connectivity index (χ4n) is 2.20. The molecule has 0 aromatic carbocycles. The molecule has 3 heteroatoms. The van der Waals surface area contributed by atoms with Crippen LogP contribution in [0, 0.1) is 5.41 Å². The lowest BCUT2D eigenvalue weighted by molar-refractivity contribution is -0.149. The Morgan fingerprint density at radius 2 is 1.83 bits per heavy atom. The van der Waals surface area contributed by atoms with Crippen molar-refractivity contribution in [3.63, 3.8) is 0 Å². The molecule has 1 N–H and O–H groups in total. The molecule has 1 aliphatic rings. The summed E-state index contributed by atoms with van der Waals surface area (Å²) in [5.74, 6) is 0. The van der Waals surface area contributed by atoms with Crippen molar-refractivity contribution in [3.8, 4) is 0 Å². The highest BCUT2D eigenvalue weighted by Gasteiger charge is 2.42. The zero-order chi connectivity index (χ0) is 13.6. The van der Waals surface area contributed by atoms with Crippen molar-refractivity contribution in [1.29, 1.82) is 0 Å². The van der Waals surface area contributed by atoms with Gasteiger partial charge in [0.2, 0.25) is 0 Å². The zero-order valence-electron chi connectivity index (χ0n) is 12.8. The van der Waals surface area contributed by atoms with Gasteiger partial charge in [-0.3, -0.25) is 0 Å². The molecule has 0 bridgehead atoms. The first-order valence-electron chi connectivity index (χ1n) is 7.44. The number of rotatable bonds is 8. The highest BCUT2D eigenvalue weighted by atomic mass is 16.5. The highest BCUT2D eigenvalue weighted by Crippen LogP contribution is 2.29. The Kier molecular flexibility index (Phi) is 6.61. The molecular weight excluding hydrogens is 226 g/mol. The second-order valence-corrected chi connectivity index (χ2v) is 6.46. The Morgan fingerprint density at radius 3 is 2.39 bits per heavy atom. The van der Waals surface area contributed by atoms with E-state index in [1.807, 2.05) is 0 Å². The summed E-state index contributed by atoms with van der Waals surface area (Å²) in [4.78, 5) is 0. The average Bonchev–Trinajstić information content (AvgIpc) is 2.25. The molecule has 1 fully saturated rings. The predicted molar refractivity (Wildman–Crippen MR) is 75.9 cm³/mol. The van der Waals surface area contributed by atoms with Gasteiger partial charge in [-0.05, 0) is 31.2 Å². The van der Waals surface area contributed by atoms with E-state index in [2.05, 4.69) is 39.9 Å². The van der Waals surface area contributed by atoms with Crippen LogP contribution in [-0.4, -0.2) is 38.0 Å². The van der Waals surface area contributed by atoms with Gasteiger partial charge in [0.05, 0.1) is 12.2 Å². The average molecular weight is 257 g/mol. The van der Waals surface area contributed by atoms with Crippen LogP contribution >= 0.6 is 0 Å². The lowest BCUT2D eigenvalue weighted by atomic mass is 9.85. The fraction of sp³-hybridized carbons (Fsp3) is 1.00. The number of hydrogen-bond acceptors (Lipinski definition) is 3. The van der Waals surface area contributed by atoms with Gasteiger partial charge < -0.3 is 14.8 Å². The van der Waals surface area contributed by atoms with E-state index in [0.717, 1.165) is 39.0 Å². The van der Waals surface area contributed by atoms with Crippen LogP contribution < -0.4 is 5.32 Å². The van der Waals surface area contributed by atoms with Crippen LogP contribution in [0.2, 0.25) is 0 Å². The lowest BCUT2D eigenvalue weighted by Gasteiger charge is -2.44. The van der Waals surface area contributed by atoms with Crippen LogP contribution in [0.1, 0.15) is 53.9 Å². The van der Waals surface area contributed by atoms with Crippen LogP contribution in [0.5, 0.6) is 0 Å². The van der Waals surface area contributed by atoms with Gasteiger partial charge in [0.1, 0.15) is 0 Å². The van der Waals surface area contributed by atoms with Crippen LogP contribution in [0.3, 0.4) is 0 Å². The standard InChI is InChI=1S/C15H31NO2/c1-6-9-18-14-12(16-7-2)11-13(14)17-10-8-15(3,4)5/h12-14,16H,6-11H2,1-5H3. The molecule has 1 saturated carbocycles. The summed E-state index contributed by atoms with van der Waals surface area (Å²) in [7, 11) is 0. The summed E-state index contributed by atoms with van der Waals surface area (Å²) >= 11 is 0. The molecule has 1 aliphatic carbocycles. The van der Waals surface area contributed by atoms with E-state index in [4.69, 9.17) is 9.47 Å². The van der Waals surface area contributed by atoms with Gasteiger partial charge in [-0.1, -0.05) is 34.6 Å². The molecule has 3 unspecified atom stereocenters. The smallest absolute Gasteiger partial charge is 0.0990 e. The molecule has 0 spiro atoms. The topological polar surface area (TPSA) is 30.5 Å². The molecule has 0 saturated heterocycles. The summed E-state index contributed by atoms with van der Waals surface area (Å²) < 4.78 is 11.9. The minimum absolute atomic E-state index is 0.255. The van der Waals surface area contributed by atoms with Crippen molar-refractivity contribution < 1.29 is 9.47 Å². The third-order valence-electron chi connectivity index (χ3n) is 3.41. The molecule has 0 heterocycles. The van der Waals surface area contributed by atoms with Crippen LogP contribution in [0.4, 0.5) is 0 Å². The van der Waals surface area contributed by atoms with Crippen molar-refractivity contribution in [2.75, 3.05) is 19.8 Å². The molecule has 0 aliphatic heterocycles. The van der Waals surface area contributed by atoms with Gasteiger partial charge in [0.25, 0.3) is 0 Å². The van der Waals surface area contributed by atoms with Crippen LogP contribution in [-0.2, 0) is 9.47 Å². The third kappa shape index (κ3) is 5.25. The summed E-state index contributed by atoms with van der Waals surface area (Å²) in [6.07, 6.45) is 3.82. The molecule has 18 heavy (non-hydrogen) atoms. The fourth-order valence-corrected chi connectivity index (χ4v) is 2.20. The Morgan fingerprint density at radius 1 is 1.11 bits per heavy atom. The summed E-state index contributed by atoms with van der Waals surface area (Å²) in [5, 5.41) is 3.47. The number of nitrogens with one attached hydrogen (secondary N) is 1. The molecule has 0 radical (unpaired) electrons. The molecular formula is C15H31NO2. The van der Waals surface area contributed by atoms with E-state index in [9.17, 15) is 0 Å². The molecule has 0 aromatic rings. The van der Waals surface area contributed by atoms with Gasteiger partial charge in [-0.25, -0.2) is 0 Å². The van der Waals surface area contributed by atoms with Crippen molar-refractivity contribution in [1.82, 2.24) is 5.32 Å². The van der Waals surface area contributed by atoms with Gasteiger partial charge in [0, 0.05) is 19.3 Å². The zero-order valence-corrected chi connectivity index (χ0v) is 12.8. The lowest BCUT2D eigenvalue weighted by Crippen LogP contribution is -2.60. The molecule has 0 aromatic heterocycles. The van der Waals surface area contributed by atoms with Crippen molar-refractivity contribution in [2.45, 2.75) is 72.1 Å². The van der Waals surface area contributed by atoms with Gasteiger partial charge in [-0.15, -0.1) is 0 Å². The summed E-state index contributed by atoms with van der Waals surface area (Å²) in [5.41, 5.74) is 0.352. The monoisotopic (exact) mass is 257 g/mol. The maximum absolute atomic E-state index is 5.98. The largest absolute Gasteiger partial charge is 0.375 e. The quantitative estimate of drug-likeness (QED) is 0.725. The third-order valence-corrected chi connectivity index (χ3v) is 3.41. The van der Waals surface area contributed by atoms with E-state index in [1.54, 1.807) is 0 Å². The van der Waals surface area contributed by atoms with Crippen LogP contribution in [0.25, 0.3) is 0 Å². The first-order valence-corrected chi connectivity index (χ1v) is 7.44. The van der Waals surface area contributed by atoms with E-state index < -0.39 is 0 Å². The van der Waals surface area contributed by atoms with E-state index in [1.165, 1.54) is 0 Å². The summed E-state index contributed by atoms with van der Waals surface area (Å²) in [6, 6.07) is 0.487. The van der Waals surface area contributed by atoms with Crippen molar-refractivity contribution >= 4 is 0 Å². The number of hydrogen-bond donors (Lipinski definition) is 1. The second-order valence-electron chi connectivity index (χ2n) is 6.46. The Balaban J connectivity index is 2.27. The van der Waals surface area contributed by atoms with Crippen molar-refractivity contribution in [3.05, 3.63) is 0 Å². The number of ether oxygens (including phenoxy) is 2. The number of likely N-dealkylation sites (N-methyl/N-ethyl adjacent to an activating group) is 1. The molecule has 1 rings (SSSR count). The highest BCUT2D eigenvalue weighted by molar-refractivity contribution is 4.97. The summed E-state index contributed by atoms with van der Waals surface area (Å²) in [6.45, 7) is 13.7. The van der Waals surface area contributed by atoms with E-state index in [0.29, 0.717) is 17.6 Å². The van der Waals surface area contributed by atoms with Crippen LogP contribution in [0.15, 0.2) is 0 Å². The van der Waals surface area contributed by atoms with E-state index in [-0.39, 0.29) is 6.10 Å².